The second kappa shape index (κ2) is 6.47. The van der Waals surface area contributed by atoms with Gasteiger partial charge in [0.15, 0.2) is 0 Å². The molecule has 4 heteroatoms. The first-order chi connectivity index (χ1) is 10.1. The summed E-state index contributed by atoms with van der Waals surface area (Å²) in [5.74, 6) is 4.35. The van der Waals surface area contributed by atoms with Gasteiger partial charge < -0.3 is 9.73 Å². The van der Waals surface area contributed by atoms with Gasteiger partial charge >= 0.3 is 0 Å². The normalized spacial score (nSPS) is 30.3. The molecule has 5 unspecified atom stereocenters. The van der Waals surface area contributed by atoms with Crippen molar-refractivity contribution in [2.75, 3.05) is 0 Å². The van der Waals surface area contributed by atoms with E-state index in [2.05, 4.69) is 12.2 Å². The third-order valence-electron chi connectivity index (χ3n) is 5.23. The Kier molecular flexibility index (Phi) is 4.63. The first-order valence-corrected chi connectivity index (χ1v) is 9.12. The van der Waals surface area contributed by atoms with Crippen LogP contribution in [-0.2, 0) is 10.5 Å². The molecule has 0 saturated heterocycles. The molecule has 1 N–H and O–H groups in total. The molecular weight excluding hydrogens is 282 g/mol. The van der Waals surface area contributed by atoms with Gasteiger partial charge in [-0.3, -0.25) is 4.79 Å². The number of carbonyl (C=O) groups excluding carboxylic acids is 1. The van der Waals surface area contributed by atoms with E-state index in [1.807, 2.05) is 19.1 Å². The van der Waals surface area contributed by atoms with E-state index in [-0.39, 0.29) is 11.2 Å². The number of hydrogen-bond donors (Lipinski definition) is 1. The van der Waals surface area contributed by atoms with Crippen LogP contribution < -0.4 is 5.32 Å². The molecule has 21 heavy (non-hydrogen) atoms. The van der Waals surface area contributed by atoms with E-state index in [0.717, 1.165) is 23.3 Å². The molecule has 0 spiro atoms. The van der Waals surface area contributed by atoms with Crippen molar-refractivity contribution >= 4 is 17.7 Å². The Hall–Kier alpha value is -0.900. The summed E-state index contributed by atoms with van der Waals surface area (Å²) >= 11 is 1.64. The molecule has 1 heterocycles. The molecule has 116 valence electrons. The van der Waals surface area contributed by atoms with Gasteiger partial charge in [-0.2, -0.15) is 0 Å². The maximum atomic E-state index is 12.3. The maximum absolute atomic E-state index is 12.3. The van der Waals surface area contributed by atoms with Crippen LogP contribution in [0.3, 0.4) is 0 Å². The van der Waals surface area contributed by atoms with Crippen LogP contribution in [0.2, 0.25) is 0 Å². The Balaban J connectivity index is 1.44. The third kappa shape index (κ3) is 3.47. The van der Waals surface area contributed by atoms with Crippen molar-refractivity contribution in [2.24, 2.45) is 17.8 Å². The predicted octanol–water partition coefficient (Wildman–Crippen LogP) is 3.84. The lowest BCUT2D eigenvalue weighted by molar-refractivity contribution is -0.121. The number of furan rings is 1. The Morgan fingerprint density at radius 1 is 1.43 bits per heavy atom. The van der Waals surface area contributed by atoms with Crippen molar-refractivity contribution < 1.29 is 9.21 Å². The minimum absolute atomic E-state index is 0.0314. The van der Waals surface area contributed by atoms with Gasteiger partial charge in [0, 0.05) is 6.04 Å². The Morgan fingerprint density at radius 3 is 2.90 bits per heavy atom. The van der Waals surface area contributed by atoms with E-state index in [4.69, 9.17) is 4.42 Å². The molecule has 2 aliphatic rings. The van der Waals surface area contributed by atoms with Crippen molar-refractivity contribution in [3.05, 3.63) is 24.2 Å². The highest BCUT2D eigenvalue weighted by molar-refractivity contribution is 7.99. The second-order valence-corrected chi connectivity index (χ2v) is 8.00. The topological polar surface area (TPSA) is 42.2 Å². The average molecular weight is 307 g/mol. The van der Waals surface area contributed by atoms with Gasteiger partial charge in [0.1, 0.15) is 5.76 Å². The summed E-state index contributed by atoms with van der Waals surface area (Å²) in [6, 6.07) is 4.16. The molecule has 1 aromatic heterocycles. The maximum Gasteiger partial charge on any atom is 0.233 e. The van der Waals surface area contributed by atoms with Crippen LogP contribution in [0.1, 0.15) is 45.3 Å². The summed E-state index contributed by atoms with van der Waals surface area (Å²) in [4.78, 5) is 12.3. The van der Waals surface area contributed by atoms with Gasteiger partial charge in [0.2, 0.25) is 5.91 Å². The predicted molar refractivity (Wildman–Crippen MR) is 86.0 cm³/mol. The van der Waals surface area contributed by atoms with Crippen LogP contribution in [0.25, 0.3) is 0 Å². The number of thioether (sulfide) groups is 1. The van der Waals surface area contributed by atoms with Gasteiger partial charge in [0.25, 0.3) is 0 Å². The van der Waals surface area contributed by atoms with Crippen LogP contribution in [0.5, 0.6) is 0 Å². The van der Waals surface area contributed by atoms with E-state index in [1.165, 1.54) is 25.7 Å². The molecular formula is C17H25NO2S. The molecule has 0 aliphatic heterocycles. The molecule has 3 nitrogen and oxygen atoms in total. The molecule has 2 bridgehead atoms. The molecule has 5 atom stereocenters. The lowest BCUT2D eigenvalue weighted by Gasteiger charge is -2.29. The summed E-state index contributed by atoms with van der Waals surface area (Å²) in [7, 11) is 0. The lowest BCUT2D eigenvalue weighted by Crippen LogP contribution is -2.43. The molecule has 1 amide bonds. The quantitative estimate of drug-likeness (QED) is 0.868. The van der Waals surface area contributed by atoms with E-state index in [1.54, 1.807) is 18.0 Å². The molecule has 3 rings (SSSR count). The van der Waals surface area contributed by atoms with Crippen LogP contribution in [0.4, 0.5) is 0 Å². The van der Waals surface area contributed by atoms with Crippen LogP contribution in [0.15, 0.2) is 22.8 Å². The van der Waals surface area contributed by atoms with Crippen molar-refractivity contribution in [3.63, 3.8) is 0 Å². The zero-order valence-electron chi connectivity index (χ0n) is 12.9. The van der Waals surface area contributed by atoms with Gasteiger partial charge in [-0.25, -0.2) is 0 Å². The van der Waals surface area contributed by atoms with Crippen LogP contribution in [-0.4, -0.2) is 17.2 Å². The molecule has 2 aliphatic carbocycles. The van der Waals surface area contributed by atoms with E-state index in [9.17, 15) is 4.79 Å². The summed E-state index contributed by atoms with van der Waals surface area (Å²) in [6.07, 6.45) is 7.18. The van der Waals surface area contributed by atoms with Crippen molar-refractivity contribution in [2.45, 2.75) is 56.6 Å². The number of fused-ring (bicyclic) bond motifs is 2. The largest absolute Gasteiger partial charge is 0.468 e. The fourth-order valence-electron chi connectivity index (χ4n) is 4.03. The molecule has 0 radical (unpaired) electrons. The minimum atomic E-state index is -0.0314. The van der Waals surface area contributed by atoms with E-state index >= 15 is 0 Å². The highest BCUT2D eigenvalue weighted by atomic mass is 32.2. The van der Waals surface area contributed by atoms with Crippen molar-refractivity contribution in [1.82, 2.24) is 5.32 Å². The van der Waals surface area contributed by atoms with Crippen LogP contribution >= 0.6 is 11.8 Å². The molecule has 2 saturated carbocycles. The summed E-state index contributed by atoms with van der Waals surface area (Å²) in [6.45, 7) is 4.17. The summed E-state index contributed by atoms with van der Waals surface area (Å²) in [5, 5.41) is 3.21. The Labute approximate surface area is 131 Å². The highest BCUT2D eigenvalue weighted by Gasteiger charge is 2.42. The van der Waals surface area contributed by atoms with Crippen molar-refractivity contribution in [1.29, 1.82) is 0 Å². The number of nitrogens with one attached hydrogen (secondary N) is 1. The average Bonchev–Trinajstić information content (AvgIpc) is 3.21. The SMILES string of the molecule is CC(SCc1ccco1)C(=O)NC(C)C1CC2CCC1C2. The fourth-order valence-corrected chi connectivity index (χ4v) is 4.83. The van der Waals surface area contributed by atoms with Gasteiger partial charge in [-0.1, -0.05) is 6.42 Å². The number of rotatable bonds is 6. The van der Waals surface area contributed by atoms with E-state index in [0.29, 0.717) is 12.0 Å². The number of amides is 1. The first-order valence-electron chi connectivity index (χ1n) is 8.08. The Morgan fingerprint density at radius 2 is 2.29 bits per heavy atom. The third-order valence-corrected chi connectivity index (χ3v) is 6.40. The Bertz CT molecular complexity index is 473. The van der Waals surface area contributed by atoms with Gasteiger partial charge in [0.05, 0.1) is 17.3 Å². The number of carbonyl (C=O) groups is 1. The molecule has 1 aromatic rings. The highest BCUT2D eigenvalue weighted by Crippen LogP contribution is 2.49. The zero-order valence-corrected chi connectivity index (χ0v) is 13.7. The molecule has 0 aromatic carbocycles. The van der Waals surface area contributed by atoms with Crippen LogP contribution in [0, 0.1) is 17.8 Å². The monoisotopic (exact) mass is 307 g/mol. The summed E-state index contributed by atoms with van der Waals surface area (Å²) in [5.41, 5.74) is 0. The smallest absolute Gasteiger partial charge is 0.233 e. The van der Waals surface area contributed by atoms with Gasteiger partial charge in [-0.05, 0) is 63.0 Å². The van der Waals surface area contributed by atoms with E-state index < -0.39 is 0 Å². The first kappa shape index (κ1) is 15.0. The molecule has 2 fully saturated rings. The minimum Gasteiger partial charge on any atom is -0.468 e. The van der Waals surface area contributed by atoms with Crippen molar-refractivity contribution in [3.8, 4) is 0 Å². The summed E-state index contributed by atoms with van der Waals surface area (Å²) < 4.78 is 5.31. The second-order valence-electron chi connectivity index (χ2n) is 6.67. The lowest BCUT2D eigenvalue weighted by atomic mass is 9.84. The number of hydrogen-bond acceptors (Lipinski definition) is 3. The fraction of sp³-hybridized carbons (Fsp3) is 0.706. The standard InChI is InChI=1S/C17H25NO2S/c1-11(16-9-13-5-6-14(16)8-13)18-17(19)12(2)21-10-15-4-3-7-20-15/h3-4,7,11-14,16H,5-6,8-10H2,1-2H3,(H,18,19). The zero-order chi connectivity index (χ0) is 14.8. The van der Waals surface area contributed by atoms with Gasteiger partial charge in [-0.15, -0.1) is 11.8 Å².